The first-order valence-electron chi connectivity index (χ1n) is 10.7. The third kappa shape index (κ3) is 4.54. The number of nitrogens with one attached hydrogen (secondary N) is 1. The summed E-state index contributed by atoms with van der Waals surface area (Å²) in [6.07, 6.45) is 3.34. The van der Waals surface area contributed by atoms with E-state index in [4.69, 9.17) is 4.74 Å². The van der Waals surface area contributed by atoms with Crippen molar-refractivity contribution in [2.45, 2.75) is 51.1 Å². The molecule has 0 heterocycles. The minimum Gasteiger partial charge on any atom is -0.486 e. The number of fused-ring (bicyclic) bond motifs is 1. The summed E-state index contributed by atoms with van der Waals surface area (Å²) in [5.74, 6) is 1.10. The Morgan fingerprint density at radius 3 is 2.53 bits per heavy atom. The van der Waals surface area contributed by atoms with Crippen LogP contribution in [-0.2, 0) is 4.79 Å². The predicted octanol–water partition coefficient (Wildman–Crippen LogP) is 5.93. The first kappa shape index (κ1) is 20.5. The molecule has 1 fully saturated rings. The topological polar surface area (TPSA) is 38.3 Å². The van der Waals surface area contributed by atoms with Crippen LogP contribution in [-0.4, -0.2) is 18.4 Å². The summed E-state index contributed by atoms with van der Waals surface area (Å²) in [6, 6.07) is 19.9. The van der Waals surface area contributed by atoms with Gasteiger partial charge in [-0.1, -0.05) is 42.5 Å². The molecular formula is C26H28FNO2. The van der Waals surface area contributed by atoms with Crippen molar-refractivity contribution in [1.82, 2.24) is 5.32 Å². The highest BCUT2D eigenvalue weighted by Gasteiger charge is 2.27. The van der Waals surface area contributed by atoms with Crippen molar-refractivity contribution in [3.05, 3.63) is 77.6 Å². The largest absolute Gasteiger partial charge is 0.486 e. The van der Waals surface area contributed by atoms with E-state index in [-0.39, 0.29) is 24.2 Å². The number of benzene rings is 3. The second-order valence-electron chi connectivity index (χ2n) is 8.34. The van der Waals surface area contributed by atoms with Gasteiger partial charge in [-0.05, 0) is 73.7 Å². The maximum Gasteiger partial charge on any atom is 0.167 e. The summed E-state index contributed by atoms with van der Waals surface area (Å²) in [7, 11) is 0. The Morgan fingerprint density at radius 1 is 1.07 bits per heavy atom. The van der Waals surface area contributed by atoms with Gasteiger partial charge in [-0.25, -0.2) is 4.39 Å². The van der Waals surface area contributed by atoms with Crippen LogP contribution >= 0.6 is 0 Å². The Kier molecular flexibility index (Phi) is 6.14. The van der Waals surface area contributed by atoms with Gasteiger partial charge in [0.05, 0.1) is 0 Å². The highest BCUT2D eigenvalue weighted by Crippen LogP contribution is 2.36. The monoisotopic (exact) mass is 405 g/mol. The number of ether oxygens (including phenoxy) is 1. The molecule has 3 aromatic carbocycles. The summed E-state index contributed by atoms with van der Waals surface area (Å²) in [6.45, 7) is 3.80. The van der Waals surface area contributed by atoms with Crippen LogP contribution in [0, 0.1) is 5.82 Å². The quantitative estimate of drug-likeness (QED) is 0.529. The minimum atomic E-state index is -0.168. The molecular weight excluding hydrogens is 377 g/mol. The zero-order valence-corrected chi connectivity index (χ0v) is 17.5. The molecule has 1 aliphatic rings. The highest BCUT2D eigenvalue weighted by molar-refractivity contribution is 5.86. The third-order valence-electron chi connectivity index (χ3n) is 6.08. The lowest BCUT2D eigenvalue weighted by Gasteiger charge is -2.22. The van der Waals surface area contributed by atoms with Gasteiger partial charge in [0.2, 0.25) is 0 Å². The highest BCUT2D eigenvalue weighted by atomic mass is 19.1. The summed E-state index contributed by atoms with van der Waals surface area (Å²) in [4.78, 5) is 11.1. The van der Waals surface area contributed by atoms with Gasteiger partial charge in [0.15, 0.2) is 5.78 Å². The van der Waals surface area contributed by atoms with Gasteiger partial charge in [0.25, 0.3) is 0 Å². The molecule has 4 heteroatoms. The third-order valence-corrected chi connectivity index (χ3v) is 6.08. The molecule has 1 N–H and O–H groups in total. The van der Waals surface area contributed by atoms with Crippen LogP contribution in [0.5, 0.6) is 5.75 Å². The summed E-state index contributed by atoms with van der Waals surface area (Å²) >= 11 is 0. The van der Waals surface area contributed by atoms with E-state index in [0.29, 0.717) is 17.3 Å². The molecule has 3 atom stereocenters. The second-order valence-corrected chi connectivity index (χ2v) is 8.34. The van der Waals surface area contributed by atoms with Crippen molar-refractivity contribution in [1.29, 1.82) is 0 Å². The zero-order chi connectivity index (χ0) is 21.1. The standard InChI is InChI=1S/C26H28FNO2/c1-17(29)16-30-22-11-8-19(9-12-22)20-7-10-21(15-20)28-18(2)23-13-14-26(27)25-6-4-3-5-24(23)25/h3-6,8-9,11-14,18,20-21,28H,7,10,15-16H2,1-2H3/t18-,20+,21+/m1/s1. The first-order valence-corrected chi connectivity index (χ1v) is 10.7. The maximum atomic E-state index is 14.1. The average Bonchev–Trinajstić information content (AvgIpc) is 3.21. The lowest BCUT2D eigenvalue weighted by Crippen LogP contribution is -2.29. The average molecular weight is 406 g/mol. The van der Waals surface area contributed by atoms with Gasteiger partial charge < -0.3 is 10.1 Å². The molecule has 3 nitrogen and oxygen atoms in total. The van der Waals surface area contributed by atoms with Crippen LogP contribution in [0.2, 0.25) is 0 Å². The van der Waals surface area contributed by atoms with Crippen molar-refractivity contribution in [2.24, 2.45) is 0 Å². The minimum absolute atomic E-state index is 0.0202. The van der Waals surface area contributed by atoms with Crippen LogP contribution in [0.4, 0.5) is 4.39 Å². The smallest absolute Gasteiger partial charge is 0.167 e. The molecule has 0 bridgehead atoms. The summed E-state index contributed by atoms with van der Waals surface area (Å²) in [5, 5.41) is 5.43. The Bertz CT molecular complexity index is 1030. The van der Waals surface area contributed by atoms with Crippen molar-refractivity contribution < 1.29 is 13.9 Å². The maximum absolute atomic E-state index is 14.1. The van der Waals surface area contributed by atoms with Gasteiger partial charge in [0, 0.05) is 17.5 Å². The van der Waals surface area contributed by atoms with Crippen LogP contribution in [0.25, 0.3) is 10.8 Å². The molecule has 0 amide bonds. The van der Waals surface area contributed by atoms with E-state index in [1.54, 1.807) is 6.07 Å². The Morgan fingerprint density at radius 2 is 1.80 bits per heavy atom. The molecule has 0 spiro atoms. The molecule has 1 aliphatic carbocycles. The summed E-state index contributed by atoms with van der Waals surface area (Å²) < 4.78 is 19.6. The second kappa shape index (κ2) is 8.97. The van der Waals surface area contributed by atoms with Crippen LogP contribution in [0.1, 0.15) is 56.2 Å². The van der Waals surface area contributed by atoms with Gasteiger partial charge in [-0.15, -0.1) is 0 Å². The van der Waals surface area contributed by atoms with Gasteiger partial charge >= 0.3 is 0 Å². The van der Waals surface area contributed by atoms with Crippen molar-refractivity contribution >= 4 is 16.6 Å². The van der Waals surface area contributed by atoms with E-state index in [9.17, 15) is 9.18 Å². The fourth-order valence-electron chi connectivity index (χ4n) is 4.56. The zero-order valence-electron chi connectivity index (χ0n) is 17.5. The van der Waals surface area contributed by atoms with Crippen molar-refractivity contribution in [3.8, 4) is 5.75 Å². The molecule has 156 valence electrons. The van der Waals surface area contributed by atoms with E-state index in [0.717, 1.165) is 36.0 Å². The fourth-order valence-corrected chi connectivity index (χ4v) is 4.56. The number of rotatable bonds is 7. The lowest BCUT2D eigenvalue weighted by atomic mass is 9.96. The number of hydrogen-bond acceptors (Lipinski definition) is 3. The van der Waals surface area contributed by atoms with Crippen molar-refractivity contribution in [3.63, 3.8) is 0 Å². The fraction of sp³-hybridized carbons (Fsp3) is 0.346. The van der Waals surface area contributed by atoms with Gasteiger partial charge in [0.1, 0.15) is 18.2 Å². The molecule has 0 saturated heterocycles. The number of ketones is 1. The molecule has 1 saturated carbocycles. The molecule has 0 radical (unpaired) electrons. The van der Waals surface area contributed by atoms with E-state index in [2.05, 4.69) is 24.4 Å². The van der Waals surface area contributed by atoms with Gasteiger partial charge in [-0.2, -0.15) is 0 Å². The first-order chi connectivity index (χ1) is 14.5. The van der Waals surface area contributed by atoms with E-state index in [1.165, 1.54) is 12.5 Å². The number of carbonyl (C=O) groups excluding carboxylic acids is 1. The van der Waals surface area contributed by atoms with Crippen molar-refractivity contribution in [2.75, 3.05) is 6.61 Å². The molecule has 4 rings (SSSR count). The molecule has 0 aliphatic heterocycles. The number of Topliss-reactive ketones (excluding diaryl/α,β-unsaturated/α-hetero) is 1. The van der Waals surface area contributed by atoms with Crippen LogP contribution in [0.15, 0.2) is 60.7 Å². The number of halogens is 1. The Hall–Kier alpha value is -2.72. The van der Waals surface area contributed by atoms with Gasteiger partial charge in [-0.3, -0.25) is 4.79 Å². The lowest BCUT2D eigenvalue weighted by molar-refractivity contribution is -0.118. The number of hydrogen-bond donors (Lipinski definition) is 1. The predicted molar refractivity (Wildman–Crippen MR) is 118 cm³/mol. The van der Waals surface area contributed by atoms with Crippen LogP contribution in [0.3, 0.4) is 0 Å². The molecule has 0 unspecified atom stereocenters. The normalized spacial score (nSPS) is 19.7. The Labute approximate surface area is 177 Å². The van der Waals surface area contributed by atoms with E-state index < -0.39 is 0 Å². The van der Waals surface area contributed by atoms with E-state index >= 15 is 0 Å². The van der Waals surface area contributed by atoms with Crippen LogP contribution < -0.4 is 10.1 Å². The molecule has 30 heavy (non-hydrogen) atoms. The van der Waals surface area contributed by atoms with E-state index in [1.807, 2.05) is 42.5 Å². The number of carbonyl (C=O) groups is 1. The Balaban J connectivity index is 1.39. The SMILES string of the molecule is CC(=O)COc1ccc([C@H]2CC[C@H](N[C@H](C)c3ccc(F)c4ccccc34)C2)cc1. The molecule has 0 aromatic heterocycles. The summed E-state index contributed by atoms with van der Waals surface area (Å²) in [5.41, 5.74) is 2.46. The molecule has 3 aromatic rings.